The van der Waals surface area contributed by atoms with Gasteiger partial charge in [-0.3, -0.25) is 24.2 Å². The first-order valence-electron chi connectivity index (χ1n) is 11.8. The minimum atomic E-state index is -0.993. The molecular formula is C25H28N6O5. The first-order valence-corrected chi connectivity index (χ1v) is 11.8. The van der Waals surface area contributed by atoms with E-state index < -0.39 is 24.0 Å². The molecule has 0 spiro atoms. The monoisotopic (exact) mass is 492 g/mol. The summed E-state index contributed by atoms with van der Waals surface area (Å²) in [6, 6.07) is 7.62. The highest BCUT2D eigenvalue weighted by Crippen LogP contribution is 2.18. The lowest BCUT2D eigenvalue weighted by molar-refractivity contribution is -0.133. The fraction of sp³-hybridized carbons (Fsp3) is 0.360. The summed E-state index contributed by atoms with van der Waals surface area (Å²) in [5.74, 6) is -1.23. The van der Waals surface area contributed by atoms with E-state index in [2.05, 4.69) is 20.9 Å². The molecular weight excluding hydrogens is 464 g/mol. The van der Waals surface area contributed by atoms with Gasteiger partial charge in [0.1, 0.15) is 12.1 Å². The number of nitrogens with zero attached hydrogens (tertiary/aromatic N) is 3. The van der Waals surface area contributed by atoms with Crippen molar-refractivity contribution in [2.75, 3.05) is 31.5 Å². The number of nitrogens with one attached hydrogen (secondary N) is 3. The molecule has 1 aromatic heterocycles. The molecule has 11 heteroatoms. The number of aromatic nitrogens is 1. The number of anilines is 1. The van der Waals surface area contributed by atoms with E-state index in [0.29, 0.717) is 29.8 Å². The van der Waals surface area contributed by atoms with Gasteiger partial charge in [0.2, 0.25) is 11.8 Å². The lowest BCUT2D eigenvalue weighted by Gasteiger charge is -2.41. The molecule has 5 amide bonds. The number of urea groups is 1. The van der Waals surface area contributed by atoms with Crippen molar-refractivity contribution in [3.63, 3.8) is 0 Å². The van der Waals surface area contributed by atoms with Crippen LogP contribution in [-0.4, -0.2) is 82.6 Å². The summed E-state index contributed by atoms with van der Waals surface area (Å²) in [7, 11) is 0. The predicted octanol–water partition coefficient (Wildman–Crippen LogP) is 1.04. The van der Waals surface area contributed by atoms with Crippen LogP contribution in [0.5, 0.6) is 0 Å². The number of piperazine rings is 1. The number of hydrogen-bond donors (Lipinski definition) is 3. The fourth-order valence-corrected chi connectivity index (χ4v) is 4.26. The molecule has 0 saturated carbocycles. The smallest absolute Gasteiger partial charge is 0.321 e. The van der Waals surface area contributed by atoms with Crippen LogP contribution in [0.25, 0.3) is 0 Å². The van der Waals surface area contributed by atoms with Crippen molar-refractivity contribution in [2.45, 2.75) is 31.8 Å². The third kappa shape index (κ3) is 5.68. The number of Topliss-reactive ketones (excluding diaryl/α,β-unsaturated/α-hetero) is 1. The Bertz CT molecular complexity index is 1150. The van der Waals surface area contributed by atoms with Gasteiger partial charge in [-0.15, -0.1) is 0 Å². The quantitative estimate of drug-likeness (QED) is 0.533. The zero-order valence-corrected chi connectivity index (χ0v) is 19.9. The Kier molecular flexibility index (Phi) is 7.57. The third-order valence-electron chi connectivity index (χ3n) is 6.28. The molecule has 36 heavy (non-hydrogen) atoms. The van der Waals surface area contributed by atoms with Gasteiger partial charge in [0.25, 0.3) is 5.91 Å². The van der Waals surface area contributed by atoms with Crippen LogP contribution in [0.2, 0.25) is 0 Å². The van der Waals surface area contributed by atoms with Gasteiger partial charge in [-0.25, -0.2) is 4.79 Å². The Morgan fingerprint density at radius 1 is 1.06 bits per heavy atom. The second-order valence-corrected chi connectivity index (χ2v) is 8.76. The van der Waals surface area contributed by atoms with Crippen LogP contribution in [0.15, 0.2) is 48.8 Å². The molecule has 2 atom stereocenters. The van der Waals surface area contributed by atoms with E-state index in [1.165, 1.54) is 22.9 Å². The molecule has 0 unspecified atom stereocenters. The van der Waals surface area contributed by atoms with Gasteiger partial charge in [0.05, 0.1) is 12.1 Å². The Balaban J connectivity index is 1.50. The number of amides is 5. The van der Waals surface area contributed by atoms with Crippen molar-refractivity contribution >= 4 is 35.2 Å². The van der Waals surface area contributed by atoms with Gasteiger partial charge >= 0.3 is 6.03 Å². The second-order valence-electron chi connectivity index (χ2n) is 8.76. The van der Waals surface area contributed by atoms with Gasteiger partial charge in [0, 0.05) is 43.3 Å². The van der Waals surface area contributed by atoms with E-state index >= 15 is 0 Å². The summed E-state index contributed by atoms with van der Waals surface area (Å²) in [4.78, 5) is 70.0. The highest BCUT2D eigenvalue weighted by Gasteiger charge is 2.39. The van der Waals surface area contributed by atoms with Crippen LogP contribution in [-0.2, 0) is 9.59 Å². The lowest BCUT2D eigenvalue weighted by atomic mass is 10.0. The van der Waals surface area contributed by atoms with Crippen molar-refractivity contribution in [1.82, 2.24) is 25.4 Å². The largest absolute Gasteiger partial charge is 0.354 e. The molecule has 0 radical (unpaired) electrons. The molecule has 0 aliphatic carbocycles. The molecule has 2 fully saturated rings. The van der Waals surface area contributed by atoms with Gasteiger partial charge in [-0.2, -0.15) is 0 Å². The van der Waals surface area contributed by atoms with Crippen molar-refractivity contribution in [2.24, 2.45) is 0 Å². The molecule has 2 aliphatic heterocycles. The first-order chi connectivity index (χ1) is 17.3. The molecule has 3 N–H and O–H groups in total. The highest BCUT2D eigenvalue weighted by atomic mass is 16.2. The topological polar surface area (TPSA) is 141 Å². The van der Waals surface area contributed by atoms with Crippen LogP contribution in [0.4, 0.5) is 10.5 Å². The van der Waals surface area contributed by atoms with Crippen molar-refractivity contribution in [1.29, 1.82) is 0 Å². The van der Waals surface area contributed by atoms with Crippen LogP contribution >= 0.6 is 0 Å². The van der Waals surface area contributed by atoms with Crippen LogP contribution < -0.4 is 16.0 Å². The Morgan fingerprint density at radius 2 is 1.83 bits per heavy atom. The Labute approximate surface area is 208 Å². The highest BCUT2D eigenvalue weighted by molar-refractivity contribution is 5.99. The van der Waals surface area contributed by atoms with E-state index in [9.17, 15) is 24.0 Å². The normalized spacial score (nSPS) is 19.8. The van der Waals surface area contributed by atoms with Crippen molar-refractivity contribution < 1.29 is 24.0 Å². The van der Waals surface area contributed by atoms with Crippen LogP contribution in [0.3, 0.4) is 0 Å². The summed E-state index contributed by atoms with van der Waals surface area (Å²) >= 11 is 0. The van der Waals surface area contributed by atoms with Gasteiger partial charge in [0.15, 0.2) is 5.78 Å². The number of benzene rings is 1. The summed E-state index contributed by atoms with van der Waals surface area (Å²) in [5, 5.41) is 8.25. The maximum Gasteiger partial charge on any atom is 0.321 e. The standard InChI is InChI=1S/C25H28N6O5/c1-16(32)17-6-8-19(9-7-17)28-25(36)30-12-13-31(24(35)18-4-2-10-26-14-18)21(15-30)23(34)29-20-5-3-11-27-22(20)33/h2,4,6-10,14,20-21H,3,5,11-13,15H2,1H3,(H,27,33)(H,28,36)(H,29,34)/t20-,21+/m0/s1. The third-order valence-corrected chi connectivity index (χ3v) is 6.28. The first kappa shape index (κ1) is 24.8. The Hall–Kier alpha value is -4.28. The number of carbonyl (C=O) groups excluding carboxylic acids is 5. The van der Waals surface area contributed by atoms with Gasteiger partial charge in [-0.1, -0.05) is 0 Å². The second kappa shape index (κ2) is 11.0. The predicted molar refractivity (Wildman–Crippen MR) is 130 cm³/mol. The number of rotatable bonds is 5. The van der Waals surface area contributed by atoms with E-state index in [4.69, 9.17) is 0 Å². The molecule has 2 saturated heterocycles. The molecule has 4 rings (SSSR count). The summed E-state index contributed by atoms with van der Waals surface area (Å²) in [6.07, 6.45) is 4.21. The maximum absolute atomic E-state index is 13.3. The number of ketones is 1. The molecule has 2 aromatic rings. The Morgan fingerprint density at radius 3 is 2.50 bits per heavy atom. The minimum absolute atomic E-state index is 0.0520. The molecule has 11 nitrogen and oxygen atoms in total. The minimum Gasteiger partial charge on any atom is -0.354 e. The average Bonchev–Trinajstić information content (AvgIpc) is 2.90. The number of hydrogen-bond acceptors (Lipinski definition) is 6. The fourth-order valence-electron chi connectivity index (χ4n) is 4.26. The summed E-state index contributed by atoms with van der Waals surface area (Å²) in [6.45, 7) is 2.30. The van der Waals surface area contributed by atoms with Gasteiger partial charge < -0.3 is 25.8 Å². The molecule has 0 bridgehead atoms. The average molecular weight is 493 g/mol. The summed E-state index contributed by atoms with van der Waals surface area (Å²) in [5.41, 5.74) is 1.35. The van der Waals surface area contributed by atoms with Crippen LogP contribution in [0.1, 0.15) is 40.5 Å². The zero-order valence-electron chi connectivity index (χ0n) is 19.9. The molecule has 188 valence electrons. The zero-order chi connectivity index (χ0) is 25.7. The number of carbonyl (C=O) groups is 5. The number of pyridine rings is 1. The lowest BCUT2D eigenvalue weighted by Crippen LogP contribution is -2.64. The van der Waals surface area contributed by atoms with Gasteiger partial charge in [-0.05, 0) is 56.2 Å². The maximum atomic E-state index is 13.3. The molecule has 2 aliphatic rings. The van der Waals surface area contributed by atoms with Crippen molar-refractivity contribution in [3.05, 3.63) is 59.9 Å². The molecule has 1 aromatic carbocycles. The van der Waals surface area contributed by atoms with E-state index in [0.717, 1.165) is 6.42 Å². The molecule has 3 heterocycles. The SMILES string of the molecule is CC(=O)c1ccc(NC(=O)N2CCN(C(=O)c3cccnc3)[C@@H](C(=O)N[C@H]3CCCNC3=O)C2)cc1. The van der Waals surface area contributed by atoms with E-state index in [1.54, 1.807) is 42.6 Å². The number of piperidine rings is 1. The van der Waals surface area contributed by atoms with Crippen molar-refractivity contribution in [3.8, 4) is 0 Å². The van der Waals surface area contributed by atoms with E-state index in [-0.39, 0.29) is 37.2 Å². The van der Waals surface area contributed by atoms with Crippen LogP contribution in [0, 0.1) is 0 Å². The van der Waals surface area contributed by atoms with E-state index in [1.807, 2.05) is 0 Å². The summed E-state index contributed by atoms with van der Waals surface area (Å²) < 4.78 is 0.